The van der Waals surface area contributed by atoms with Gasteiger partial charge in [-0.15, -0.1) is 0 Å². The van der Waals surface area contributed by atoms with Crippen molar-refractivity contribution >= 4 is 22.8 Å². The molecule has 1 aromatic carbocycles. The number of carbonyl (C=O) groups excluding carboxylic acids is 1. The summed E-state index contributed by atoms with van der Waals surface area (Å²) in [6.07, 6.45) is 1.85. The first-order chi connectivity index (χ1) is 12.1. The Morgan fingerprint density at radius 2 is 2.20 bits per heavy atom. The first-order valence-corrected chi connectivity index (χ1v) is 8.39. The van der Waals surface area contributed by atoms with Gasteiger partial charge in [0.05, 0.1) is 11.4 Å². The standard InChI is InChI=1S/C17H20N6O2/c1-11-18-16(25-21-11)12-6-5-9-23(10-12)17(24)19-15-13-7-3-4-8-14(13)22(2)20-15/h3-4,7-8,12H,5-6,9-10H2,1-2H3,(H,19,20,24). The molecule has 1 atom stereocenters. The van der Waals surface area contributed by atoms with E-state index in [0.29, 0.717) is 30.6 Å². The molecule has 3 aromatic rings. The smallest absolute Gasteiger partial charge is 0.323 e. The molecule has 3 heterocycles. The van der Waals surface area contributed by atoms with Gasteiger partial charge in [-0.05, 0) is 31.9 Å². The quantitative estimate of drug-likeness (QED) is 0.775. The van der Waals surface area contributed by atoms with Crippen LogP contribution in [-0.4, -0.2) is 43.9 Å². The van der Waals surface area contributed by atoms with Crippen LogP contribution in [0.1, 0.15) is 30.5 Å². The molecule has 2 aromatic heterocycles. The van der Waals surface area contributed by atoms with E-state index in [1.165, 1.54) is 0 Å². The number of fused-ring (bicyclic) bond motifs is 1. The minimum absolute atomic E-state index is 0.0844. The molecule has 2 amide bonds. The number of nitrogens with zero attached hydrogens (tertiary/aromatic N) is 5. The van der Waals surface area contributed by atoms with Crippen molar-refractivity contribution in [2.24, 2.45) is 7.05 Å². The second-order valence-corrected chi connectivity index (χ2v) is 6.38. The van der Waals surface area contributed by atoms with E-state index in [-0.39, 0.29) is 11.9 Å². The van der Waals surface area contributed by atoms with Gasteiger partial charge in [-0.3, -0.25) is 10.00 Å². The van der Waals surface area contributed by atoms with Crippen LogP contribution in [0, 0.1) is 6.92 Å². The fraction of sp³-hybridized carbons (Fsp3) is 0.412. The first-order valence-electron chi connectivity index (χ1n) is 8.39. The van der Waals surface area contributed by atoms with Crippen LogP contribution in [0.4, 0.5) is 10.6 Å². The van der Waals surface area contributed by atoms with Gasteiger partial charge in [0, 0.05) is 25.5 Å². The first kappa shape index (κ1) is 15.6. The fourth-order valence-electron chi connectivity index (χ4n) is 3.33. The molecule has 4 rings (SSSR count). The van der Waals surface area contributed by atoms with E-state index in [4.69, 9.17) is 4.52 Å². The number of piperidine rings is 1. The summed E-state index contributed by atoms with van der Waals surface area (Å²) in [4.78, 5) is 18.8. The maximum absolute atomic E-state index is 12.7. The Labute approximate surface area is 144 Å². The second kappa shape index (κ2) is 6.19. The number of benzene rings is 1. The summed E-state index contributed by atoms with van der Waals surface area (Å²) in [6.45, 7) is 3.07. The highest BCUT2D eigenvalue weighted by atomic mass is 16.5. The molecule has 0 spiro atoms. The number of para-hydroxylation sites is 1. The van der Waals surface area contributed by atoms with Crippen molar-refractivity contribution in [1.29, 1.82) is 0 Å². The van der Waals surface area contributed by atoms with Crippen LogP contribution in [-0.2, 0) is 7.05 Å². The Kier molecular flexibility index (Phi) is 3.87. The number of amides is 2. The Bertz CT molecular complexity index is 915. The second-order valence-electron chi connectivity index (χ2n) is 6.38. The third-order valence-corrected chi connectivity index (χ3v) is 4.58. The molecule has 130 valence electrons. The number of carbonyl (C=O) groups is 1. The van der Waals surface area contributed by atoms with Gasteiger partial charge in [0.2, 0.25) is 5.89 Å². The summed E-state index contributed by atoms with van der Waals surface area (Å²) in [7, 11) is 1.87. The number of likely N-dealkylation sites (tertiary alicyclic amines) is 1. The molecule has 1 N–H and O–H groups in total. The average Bonchev–Trinajstić information content (AvgIpc) is 3.20. The zero-order valence-corrected chi connectivity index (χ0v) is 14.3. The van der Waals surface area contributed by atoms with E-state index >= 15 is 0 Å². The van der Waals surface area contributed by atoms with Gasteiger partial charge < -0.3 is 9.42 Å². The van der Waals surface area contributed by atoms with Gasteiger partial charge >= 0.3 is 6.03 Å². The highest BCUT2D eigenvalue weighted by molar-refractivity contribution is 5.99. The zero-order chi connectivity index (χ0) is 17.4. The molecule has 0 bridgehead atoms. The molecule has 1 aliphatic heterocycles. The highest BCUT2D eigenvalue weighted by Crippen LogP contribution is 2.27. The molecule has 1 fully saturated rings. The number of urea groups is 1. The third-order valence-electron chi connectivity index (χ3n) is 4.58. The molecule has 0 radical (unpaired) electrons. The summed E-state index contributed by atoms with van der Waals surface area (Å²) >= 11 is 0. The predicted molar refractivity (Wildman–Crippen MR) is 92.3 cm³/mol. The molecule has 25 heavy (non-hydrogen) atoms. The molecule has 1 unspecified atom stereocenters. The van der Waals surface area contributed by atoms with E-state index in [9.17, 15) is 4.79 Å². The van der Waals surface area contributed by atoms with Crippen LogP contribution in [0.2, 0.25) is 0 Å². The maximum atomic E-state index is 12.7. The van der Waals surface area contributed by atoms with E-state index < -0.39 is 0 Å². The van der Waals surface area contributed by atoms with E-state index in [0.717, 1.165) is 23.7 Å². The Hall–Kier alpha value is -2.90. The topological polar surface area (TPSA) is 89.1 Å². The van der Waals surface area contributed by atoms with Crippen LogP contribution in [0.15, 0.2) is 28.8 Å². The number of aromatic nitrogens is 4. The molecular weight excluding hydrogens is 320 g/mol. The Morgan fingerprint density at radius 1 is 1.36 bits per heavy atom. The lowest BCUT2D eigenvalue weighted by atomic mass is 9.98. The number of nitrogens with one attached hydrogen (secondary N) is 1. The summed E-state index contributed by atoms with van der Waals surface area (Å²) in [6, 6.07) is 7.68. The number of aryl methyl sites for hydroxylation is 2. The SMILES string of the molecule is Cc1noc(C2CCCN(C(=O)Nc3nn(C)c4ccccc34)C2)n1. The number of hydrogen-bond acceptors (Lipinski definition) is 5. The Balaban J connectivity index is 1.50. The van der Waals surface area contributed by atoms with Crippen LogP contribution in [0.5, 0.6) is 0 Å². The number of hydrogen-bond donors (Lipinski definition) is 1. The number of rotatable bonds is 2. The van der Waals surface area contributed by atoms with Crippen molar-refractivity contribution in [2.75, 3.05) is 18.4 Å². The van der Waals surface area contributed by atoms with Crippen molar-refractivity contribution in [3.63, 3.8) is 0 Å². The van der Waals surface area contributed by atoms with E-state index in [2.05, 4.69) is 20.6 Å². The average molecular weight is 340 g/mol. The van der Waals surface area contributed by atoms with Gasteiger partial charge in [-0.25, -0.2) is 4.79 Å². The van der Waals surface area contributed by atoms with Gasteiger partial charge in [-0.2, -0.15) is 10.1 Å². The summed E-state index contributed by atoms with van der Waals surface area (Å²) in [5.74, 6) is 1.90. The van der Waals surface area contributed by atoms with Crippen molar-refractivity contribution in [2.45, 2.75) is 25.7 Å². The summed E-state index contributed by atoms with van der Waals surface area (Å²) < 4.78 is 7.04. The van der Waals surface area contributed by atoms with Crippen LogP contribution >= 0.6 is 0 Å². The molecule has 1 saturated heterocycles. The number of anilines is 1. The fourth-order valence-corrected chi connectivity index (χ4v) is 3.33. The minimum Gasteiger partial charge on any atom is -0.339 e. The molecule has 0 aliphatic carbocycles. The minimum atomic E-state index is -0.148. The van der Waals surface area contributed by atoms with Crippen molar-refractivity contribution in [3.05, 3.63) is 36.0 Å². The normalized spacial score (nSPS) is 17.8. The van der Waals surface area contributed by atoms with Gasteiger partial charge in [0.1, 0.15) is 0 Å². The van der Waals surface area contributed by atoms with Crippen LogP contribution in [0.25, 0.3) is 10.9 Å². The molecule has 8 nitrogen and oxygen atoms in total. The van der Waals surface area contributed by atoms with Crippen molar-refractivity contribution < 1.29 is 9.32 Å². The maximum Gasteiger partial charge on any atom is 0.323 e. The molecule has 1 aliphatic rings. The zero-order valence-electron chi connectivity index (χ0n) is 14.3. The summed E-state index contributed by atoms with van der Waals surface area (Å²) in [5, 5.41) is 12.1. The van der Waals surface area contributed by atoms with Gasteiger partial charge in [0.25, 0.3) is 0 Å². The van der Waals surface area contributed by atoms with Crippen molar-refractivity contribution in [1.82, 2.24) is 24.8 Å². The van der Waals surface area contributed by atoms with E-state index in [1.807, 2.05) is 31.3 Å². The van der Waals surface area contributed by atoms with Crippen LogP contribution in [0.3, 0.4) is 0 Å². The van der Waals surface area contributed by atoms with Gasteiger partial charge in [-0.1, -0.05) is 17.3 Å². The highest BCUT2D eigenvalue weighted by Gasteiger charge is 2.28. The molecular formula is C17H20N6O2. The lowest BCUT2D eigenvalue weighted by Gasteiger charge is -2.30. The Morgan fingerprint density at radius 3 is 3.00 bits per heavy atom. The van der Waals surface area contributed by atoms with Crippen LogP contribution < -0.4 is 5.32 Å². The predicted octanol–water partition coefficient (Wildman–Crippen LogP) is 2.68. The van der Waals surface area contributed by atoms with Crippen molar-refractivity contribution in [3.8, 4) is 0 Å². The summed E-state index contributed by atoms with van der Waals surface area (Å²) in [5.41, 5.74) is 0.982. The van der Waals surface area contributed by atoms with E-state index in [1.54, 1.807) is 16.5 Å². The lowest BCUT2D eigenvalue weighted by Crippen LogP contribution is -2.41. The van der Waals surface area contributed by atoms with Gasteiger partial charge in [0.15, 0.2) is 11.6 Å². The lowest BCUT2D eigenvalue weighted by molar-refractivity contribution is 0.184. The molecule has 0 saturated carbocycles. The monoisotopic (exact) mass is 340 g/mol. The largest absolute Gasteiger partial charge is 0.339 e. The third kappa shape index (κ3) is 2.95. The molecule has 8 heteroatoms.